The Morgan fingerprint density at radius 3 is 2.68 bits per heavy atom. The van der Waals surface area contributed by atoms with Crippen LogP contribution in [0.5, 0.6) is 0 Å². The number of piperidine rings is 1. The van der Waals surface area contributed by atoms with Gasteiger partial charge in [0.05, 0.1) is 11.4 Å². The van der Waals surface area contributed by atoms with E-state index in [1.54, 1.807) is 35.2 Å². The van der Waals surface area contributed by atoms with Crippen molar-refractivity contribution in [3.05, 3.63) is 70.7 Å². The first-order chi connectivity index (χ1) is 16.6. The molecule has 5 rings (SSSR count). The van der Waals surface area contributed by atoms with Crippen molar-refractivity contribution in [1.82, 2.24) is 29.6 Å². The third kappa shape index (κ3) is 4.74. The predicted molar refractivity (Wildman–Crippen MR) is 131 cm³/mol. The second kappa shape index (κ2) is 10.0. The number of carbonyl (C=O) groups excluding carboxylic acids is 1. The molecule has 0 atom stereocenters. The number of thioether (sulfide) groups is 1. The van der Waals surface area contributed by atoms with Crippen LogP contribution in [0.3, 0.4) is 0 Å². The molecule has 34 heavy (non-hydrogen) atoms. The van der Waals surface area contributed by atoms with Crippen molar-refractivity contribution < 1.29 is 9.18 Å². The molecule has 1 aliphatic heterocycles. The fraction of sp³-hybridized carbons (Fsp3) is 0.292. The molecule has 1 aromatic carbocycles. The lowest BCUT2D eigenvalue weighted by molar-refractivity contribution is 0.0692. The highest BCUT2D eigenvalue weighted by molar-refractivity contribution is 7.98. The van der Waals surface area contributed by atoms with Gasteiger partial charge in [0.25, 0.3) is 5.91 Å². The largest absolute Gasteiger partial charge is 0.337 e. The highest BCUT2D eigenvalue weighted by atomic mass is 32.2. The van der Waals surface area contributed by atoms with Gasteiger partial charge >= 0.3 is 0 Å². The summed E-state index contributed by atoms with van der Waals surface area (Å²) in [5.41, 5.74) is 1.65. The maximum atomic E-state index is 14.7. The zero-order chi connectivity index (χ0) is 23.5. The molecule has 0 radical (unpaired) electrons. The van der Waals surface area contributed by atoms with Crippen LogP contribution in [0.25, 0.3) is 17.1 Å². The lowest BCUT2D eigenvalue weighted by Crippen LogP contribution is -2.38. The first-order valence-corrected chi connectivity index (χ1v) is 12.9. The number of likely N-dealkylation sites (tertiary alicyclic amines) is 1. The first kappa shape index (κ1) is 22.7. The highest BCUT2D eigenvalue weighted by Gasteiger charge is 2.24. The van der Waals surface area contributed by atoms with Crippen LogP contribution in [0, 0.1) is 11.7 Å². The molecule has 7 nitrogen and oxygen atoms in total. The molecule has 1 fully saturated rings. The number of rotatable bonds is 6. The zero-order valence-electron chi connectivity index (χ0n) is 18.6. The van der Waals surface area contributed by atoms with Crippen molar-refractivity contribution in [2.45, 2.75) is 30.7 Å². The number of thiazole rings is 1. The van der Waals surface area contributed by atoms with Gasteiger partial charge in [-0.3, -0.25) is 14.3 Å². The Hall–Kier alpha value is -3.11. The van der Waals surface area contributed by atoms with Gasteiger partial charge < -0.3 is 4.90 Å². The quantitative estimate of drug-likeness (QED) is 0.348. The van der Waals surface area contributed by atoms with Gasteiger partial charge in [-0.2, -0.15) is 0 Å². The van der Waals surface area contributed by atoms with Crippen LogP contribution < -0.4 is 0 Å². The Morgan fingerprint density at radius 2 is 1.91 bits per heavy atom. The van der Waals surface area contributed by atoms with Crippen LogP contribution in [0.4, 0.5) is 4.39 Å². The van der Waals surface area contributed by atoms with Crippen LogP contribution in [0.1, 0.15) is 35.3 Å². The van der Waals surface area contributed by atoms with Gasteiger partial charge in [0.15, 0.2) is 11.0 Å². The molecule has 3 aromatic heterocycles. The van der Waals surface area contributed by atoms with Crippen molar-refractivity contribution in [2.75, 3.05) is 13.1 Å². The van der Waals surface area contributed by atoms with E-state index in [9.17, 15) is 9.18 Å². The molecule has 174 valence electrons. The number of halogens is 1. The number of para-hydroxylation sites is 1. The Kier molecular flexibility index (Phi) is 6.68. The number of pyridine rings is 1. The van der Waals surface area contributed by atoms with Crippen molar-refractivity contribution in [3.63, 3.8) is 0 Å². The number of hydrogen-bond acceptors (Lipinski definition) is 7. The Morgan fingerprint density at radius 1 is 1.15 bits per heavy atom. The fourth-order valence-corrected chi connectivity index (χ4v) is 5.61. The van der Waals surface area contributed by atoms with Crippen LogP contribution in [0.2, 0.25) is 0 Å². The Labute approximate surface area is 205 Å². The minimum atomic E-state index is -0.363. The molecule has 10 heteroatoms. The van der Waals surface area contributed by atoms with E-state index < -0.39 is 0 Å². The molecule has 0 N–H and O–H groups in total. The predicted octanol–water partition coefficient (Wildman–Crippen LogP) is 5.09. The number of aromatic nitrogens is 5. The zero-order valence-corrected chi connectivity index (χ0v) is 20.2. The summed E-state index contributed by atoms with van der Waals surface area (Å²) in [5.74, 6) is 1.32. The molecule has 4 heterocycles. The normalized spacial score (nSPS) is 14.5. The van der Waals surface area contributed by atoms with Crippen LogP contribution >= 0.6 is 23.1 Å². The Balaban J connectivity index is 1.37. The molecule has 0 bridgehead atoms. The number of amides is 1. The summed E-state index contributed by atoms with van der Waals surface area (Å²) in [7, 11) is 0. The number of benzene rings is 1. The number of carbonyl (C=O) groups is 1. The van der Waals surface area contributed by atoms with Crippen LogP contribution in [-0.2, 0) is 5.75 Å². The number of hydrogen-bond donors (Lipinski definition) is 0. The number of nitrogens with zero attached hydrogens (tertiary/aromatic N) is 6. The molecule has 1 aliphatic rings. The summed E-state index contributed by atoms with van der Waals surface area (Å²) < 4.78 is 16.4. The summed E-state index contributed by atoms with van der Waals surface area (Å²) >= 11 is 2.86. The molecular formula is C24H23FN6OS2. The SMILES string of the molecule is CC1CCN(C(=O)c2csc(CSc3nnc(-c4ccncc4)n3-c3ccccc3F)n2)CC1. The Bertz CT molecular complexity index is 1280. The van der Waals surface area contributed by atoms with Gasteiger partial charge in [-0.1, -0.05) is 30.8 Å². The lowest BCUT2D eigenvalue weighted by Gasteiger charge is -2.29. The molecule has 0 saturated carbocycles. The first-order valence-electron chi connectivity index (χ1n) is 11.1. The summed E-state index contributed by atoms with van der Waals surface area (Å²) in [6.07, 6.45) is 5.40. The van der Waals surface area contributed by atoms with E-state index in [2.05, 4.69) is 27.1 Å². The monoisotopic (exact) mass is 494 g/mol. The smallest absolute Gasteiger partial charge is 0.273 e. The maximum absolute atomic E-state index is 14.7. The van der Waals surface area contributed by atoms with Crippen molar-refractivity contribution in [1.29, 1.82) is 0 Å². The van der Waals surface area contributed by atoms with Gasteiger partial charge in [-0.05, 0) is 43.0 Å². The van der Waals surface area contributed by atoms with E-state index in [0.29, 0.717) is 34.0 Å². The fourth-order valence-electron chi connectivity index (χ4n) is 3.88. The standard InChI is InChI=1S/C24H23FN6OS2/c1-16-8-12-30(13-9-16)23(32)19-14-33-21(27-19)15-34-24-29-28-22(17-6-10-26-11-7-17)31(24)20-5-3-2-4-18(20)25/h2-7,10-11,14,16H,8-9,12-13,15H2,1H3. The summed E-state index contributed by atoms with van der Waals surface area (Å²) in [4.78, 5) is 23.3. The van der Waals surface area contributed by atoms with E-state index in [4.69, 9.17) is 0 Å². The van der Waals surface area contributed by atoms with Gasteiger partial charge in [-0.15, -0.1) is 21.5 Å². The molecular weight excluding hydrogens is 471 g/mol. The molecule has 4 aromatic rings. The maximum Gasteiger partial charge on any atom is 0.273 e. The summed E-state index contributed by atoms with van der Waals surface area (Å²) in [6, 6.07) is 10.2. The topological polar surface area (TPSA) is 76.8 Å². The molecule has 0 spiro atoms. The van der Waals surface area contributed by atoms with Gasteiger partial charge in [0.2, 0.25) is 0 Å². The average Bonchev–Trinajstić information content (AvgIpc) is 3.51. The highest BCUT2D eigenvalue weighted by Crippen LogP contribution is 2.31. The van der Waals surface area contributed by atoms with Crippen molar-refractivity contribution >= 4 is 29.0 Å². The van der Waals surface area contributed by atoms with Crippen LogP contribution in [-0.4, -0.2) is 48.6 Å². The van der Waals surface area contributed by atoms with E-state index in [0.717, 1.165) is 36.5 Å². The van der Waals surface area contributed by atoms with E-state index in [1.807, 2.05) is 22.4 Å². The molecule has 0 unspecified atom stereocenters. The molecule has 1 amide bonds. The summed E-state index contributed by atoms with van der Waals surface area (Å²) in [6.45, 7) is 3.79. The average molecular weight is 495 g/mol. The van der Waals surface area contributed by atoms with E-state index in [1.165, 1.54) is 29.2 Å². The minimum absolute atomic E-state index is 0.00565. The van der Waals surface area contributed by atoms with Crippen LogP contribution in [0.15, 0.2) is 59.3 Å². The van der Waals surface area contributed by atoms with Crippen molar-refractivity contribution in [3.8, 4) is 17.1 Å². The van der Waals surface area contributed by atoms with Gasteiger partial charge in [0.1, 0.15) is 16.5 Å². The molecule has 1 saturated heterocycles. The van der Waals surface area contributed by atoms with E-state index >= 15 is 0 Å². The van der Waals surface area contributed by atoms with Crippen molar-refractivity contribution in [2.24, 2.45) is 5.92 Å². The third-order valence-electron chi connectivity index (χ3n) is 5.83. The van der Waals surface area contributed by atoms with Gasteiger partial charge in [-0.25, -0.2) is 9.37 Å². The third-order valence-corrected chi connectivity index (χ3v) is 7.80. The lowest BCUT2D eigenvalue weighted by atomic mass is 9.99. The second-order valence-corrected chi connectivity index (χ2v) is 10.1. The molecule has 0 aliphatic carbocycles. The van der Waals surface area contributed by atoms with Gasteiger partial charge in [0, 0.05) is 36.4 Å². The second-order valence-electron chi connectivity index (χ2n) is 8.22. The minimum Gasteiger partial charge on any atom is -0.337 e. The summed E-state index contributed by atoms with van der Waals surface area (Å²) in [5, 5.41) is 11.9. The van der Waals surface area contributed by atoms with E-state index in [-0.39, 0.29) is 11.7 Å².